The van der Waals surface area contributed by atoms with Crippen LogP contribution in [0.15, 0.2) is 66.7 Å². The van der Waals surface area contributed by atoms with Gasteiger partial charge >= 0.3 is 0 Å². The molecule has 0 aromatic heterocycles. The predicted molar refractivity (Wildman–Crippen MR) is 157 cm³/mol. The lowest BCUT2D eigenvalue weighted by Crippen LogP contribution is -2.54. The topological polar surface area (TPSA) is 86.8 Å². The zero-order valence-corrected chi connectivity index (χ0v) is 23.9. The third-order valence-corrected chi connectivity index (χ3v) is 8.65. The first kappa shape index (κ1) is 28.6. The molecule has 0 aliphatic heterocycles. The Kier molecular flexibility index (Phi) is 9.28. The number of carbonyl (C=O) groups is 2. The molecule has 8 heteroatoms. The molecule has 208 valence electrons. The van der Waals surface area contributed by atoms with E-state index in [1.807, 2.05) is 68.4 Å². The van der Waals surface area contributed by atoms with Gasteiger partial charge in [0.1, 0.15) is 12.6 Å². The number of anilines is 1. The van der Waals surface area contributed by atoms with Crippen molar-refractivity contribution in [3.8, 4) is 0 Å². The fraction of sp³-hybridized carbons (Fsp3) is 0.419. The number of benzene rings is 3. The van der Waals surface area contributed by atoms with Gasteiger partial charge in [0.05, 0.1) is 11.9 Å². The molecule has 0 radical (unpaired) electrons. The fourth-order valence-electron chi connectivity index (χ4n) is 5.37. The van der Waals surface area contributed by atoms with Crippen molar-refractivity contribution in [2.75, 3.05) is 17.1 Å². The van der Waals surface area contributed by atoms with Gasteiger partial charge in [0.15, 0.2) is 0 Å². The van der Waals surface area contributed by atoms with Crippen molar-refractivity contribution in [2.45, 2.75) is 71.0 Å². The third kappa shape index (κ3) is 7.18. The van der Waals surface area contributed by atoms with E-state index in [0.29, 0.717) is 12.1 Å². The molecule has 0 heterocycles. The minimum absolute atomic E-state index is 0.111. The molecule has 1 aliphatic rings. The molecule has 1 aliphatic carbocycles. The van der Waals surface area contributed by atoms with E-state index >= 15 is 0 Å². The molecule has 1 fully saturated rings. The number of aryl methyl sites for hydroxylation is 1. The van der Waals surface area contributed by atoms with Gasteiger partial charge in [-0.3, -0.25) is 13.9 Å². The molecule has 1 N–H and O–H groups in total. The summed E-state index contributed by atoms with van der Waals surface area (Å²) in [5, 5.41) is 4.80. The number of nitrogens with one attached hydrogen (secondary N) is 1. The Balaban J connectivity index is 1.67. The van der Waals surface area contributed by atoms with Gasteiger partial charge in [0, 0.05) is 18.0 Å². The van der Waals surface area contributed by atoms with E-state index < -0.39 is 28.5 Å². The Morgan fingerprint density at radius 3 is 2.28 bits per heavy atom. The lowest BCUT2D eigenvalue weighted by atomic mass is 9.95. The zero-order chi connectivity index (χ0) is 28.0. The summed E-state index contributed by atoms with van der Waals surface area (Å²) in [6, 6.07) is 20.1. The molecule has 0 bridgehead atoms. The number of sulfonamides is 1. The summed E-state index contributed by atoms with van der Waals surface area (Å²) < 4.78 is 27.2. The van der Waals surface area contributed by atoms with Crippen LogP contribution < -0.4 is 9.62 Å². The highest BCUT2D eigenvalue weighted by Gasteiger charge is 2.33. The van der Waals surface area contributed by atoms with Crippen molar-refractivity contribution in [1.82, 2.24) is 10.2 Å². The lowest BCUT2D eigenvalue weighted by Gasteiger charge is -2.34. The standard InChI is InChI=1S/C31H39N3O4S/c1-4-28(31(36)32-26-13-6-5-7-14-26)33(21-24-19-17-23(2)18-20-24)30(35)22-34(39(3,37)38)29-16-10-12-25-11-8-9-15-27(25)29/h8-12,15-20,26,28H,4-7,13-14,21-22H2,1-3H3,(H,32,36)/t28-/m1/s1. The number of carbonyl (C=O) groups excluding carboxylic acids is 2. The predicted octanol–water partition coefficient (Wildman–Crippen LogP) is 5.17. The van der Waals surface area contributed by atoms with Gasteiger partial charge in [0.2, 0.25) is 21.8 Å². The lowest BCUT2D eigenvalue weighted by molar-refractivity contribution is -0.140. The minimum atomic E-state index is -3.81. The van der Waals surface area contributed by atoms with Gasteiger partial charge in [-0.25, -0.2) is 8.42 Å². The molecule has 2 amide bonds. The Labute approximate surface area is 232 Å². The van der Waals surface area contributed by atoms with E-state index in [-0.39, 0.29) is 18.5 Å². The molecule has 1 saturated carbocycles. The summed E-state index contributed by atoms with van der Waals surface area (Å²) in [6.07, 6.45) is 6.76. The normalized spacial score (nSPS) is 15.1. The summed E-state index contributed by atoms with van der Waals surface area (Å²) in [4.78, 5) is 29.1. The van der Waals surface area contributed by atoms with Crippen molar-refractivity contribution in [2.24, 2.45) is 0 Å². The monoisotopic (exact) mass is 549 g/mol. The van der Waals surface area contributed by atoms with Crippen molar-refractivity contribution < 1.29 is 18.0 Å². The third-order valence-electron chi connectivity index (χ3n) is 7.53. The largest absolute Gasteiger partial charge is 0.352 e. The molecule has 1 atom stereocenters. The molecule has 3 aromatic carbocycles. The van der Waals surface area contributed by atoms with Gasteiger partial charge in [0.25, 0.3) is 0 Å². The van der Waals surface area contributed by atoms with Crippen LogP contribution >= 0.6 is 0 Å². The van der Waals surface area contributed by atoms with Gasteiger partial charge < -0.3 is 10.2 Å². The molecule has 4 rings (SSSR count). The number of amides is 2. The van der Waals surface area contributed by atoms with Gasteiger partial charge in [-0.15, -0.1) is 0 Å². The highest BCUT2D eigenvalue weighted by atomic mass is 32.2. The summed E-state index contributed by atoms with van der Waals surface area (Å²) in [6.45, 7) is 3.70. The summed E-state index contributed by atoms with van der Waals surface area (Å²) in [7, 11) is -3.81. The molecule has 39 heavy (non-hydrogen) atoms. The zero-order valence-electron chi connectivity index (χ0n) is 23.1. The number of fused-ring (bicyclic) bond motifs is 1. The SMILES string of the molecule is CC[C@H](C(=O)NC1CCCCC1)N(Cc1ccc(C)cc1)C(=O)CN(c1cccc2ccccc12)S(C)(=O)=O. The van der Waals surface area contributed by atoms with E-state index in [9.17, 15) is 18.0 Å². The maximum absolute atomic E-state index is 14.0. The highest BCUT2D eigenvalue weighted by molar-refractivity contribution is 7.92. The second-order valence-electron chi connectivity index (χ2n) is 10.5. The number of hydrogen-bond donors (Lipinski definition) is 1. The number of hydrogen-bond acceptors (Lipinski definition) is 4. The smallest absolute Gasteiger partial charge is 0.244 e. The van der Waals surface area contributed by atoms with E-state index in [4.69, 9.17) is 0 Å². The maximum atomic E-state index is 14.0. The quantitative estimate of drug-likeness (QED) is 0.378. The second kappa shape index (κ2) is 12.6. The maximum Gasteiger partial charge on any atom is 0.244 e. The average Bonchev–Trinajstić information content (AvgIpc) is 2.92. The first-order valence-electron chi connectivity index (χ1n) is 13.8. The second-order valence-corrected chi connectivity index (χ2v) is 12.4. The van der Waals surface area contributed by atoms with Crippen LogP contribution in [-0.2, 0) is 26.2 Å². The van der Waals surface area contributed by atoms with Crippen molar-refractivity contribution >= 4 is 38.3 Å². The first-order chi connectivity index (χ1) is 18.7. The fourth-order valence-corrected chi connectivity index (χ4v) is 6.24. The van der Waals surface area contributed by atoms with Crippen LogP contribution in [0.4, 0.5) is 5.69 Å². The van der Waals surface area contributed by atoms with Crippen LogP contribution in [-0.4, -0.2) is 50.0 Å². The van der Waals surface area contributed by atoms with Crippen LogP contribution in [0.25, 0.3) is 10.8 Å². The van der Waals surface area contributed by atoms with Crippen LogP contribution in [0, 0.1) is 6.92 Å². The molecular formula is C31H39N3O4S. The Hall–Kier alpha value is -3.39. The number of nitrogens with zero attached hydrogens (tertiary/aromatic N) is 2. The van der Waals surface area contributed by atoms with E-state index in [1.54, 1.807) is 17.0 Å². The Morgan fingerprint density at radius 1 is 0.949 bits per heavy atom. The molecule has 3 aromatic rings. The Bertz CT molecular complexity index is 1390. The van der Waals surface area contributed by atoms with Gasteiger partial charge in [-0.05, 0) is 43.2 Å². The van der Waals surface area contributed by atoms with Crippen molar-refractivity contribution in [3.63, 3.8) is 0 Å². The average molecular weight is 550 g/mol. The van der Waals surface area contributed by atoms with E-state index in [1.165, 1.54) is 6.42 Å². The molecule has 7 nitrogen and oxygen atoms in total. The summed E-state index contributed by atoms with van der Waals surface area (Å²) in [5.41, 5.74) is 2.42. The van der Waals surface area contributed by atoms with Gasteiger partial charge in [-0.1, -0.05) is 92.4 Å². The van der Waals surface area contributed by atoms with E-state index in [2.05, 4.69) is 5.32 Å². The van der Waals surface area contributed by atoms with Crippen LogP contribution in [0.1, 0.15) is 56.6 Å². The van der Waals surface area contributed by atoms with Crippen LogP contribution in [0.3, 0.4) is 0 Å². The highest BCUT2D eigenvalue weighted by Crippen LogP contribution is 2.29. The molecular weight excluding hydrogens is 510 g/mol. The Morgan fingerprint density at radius 2 is 1.62 bits per heavy atom. The first-order valence-corrected chi connectivity index (χ1v) is 15.6. The van der Waals surface area contributed by atoms with Gasteiger partial charge in [-0.2, -0.15) is 0 Å². The summed E-state index contributed by atoms with van der Waals surface area (Å²) in [5.74, 6) is -0.597. The van der Waals surface area contributed by atoms with Crippen LogP contribution in [0.2, 0.25) is 0 Å². The van der Waals surface area contributed by atoms with Crippen molar-refractivity contribution in [1.29, 1.82) is 0 Å². The molecule has 0 spiro atoms. The van der Waals surface area contributed by atoms with Crippen LogP contribution in [0.5, 0.6) is 0 Å². The molecule has 0 unspecified atom stereocenters. The summed E-state index contributed by atoms with van der Waals surface area (Å²) >= 11 is 0. The number of rotatable bonds is 10. The minimum Gasteiger partial charge on any atom is -0.352 e. The van der Waals surface area contributed by atoms with E-state index in [0.717, 1.165) is 58.1 Å². The molecule has 0 saturated heterocycles. The van der Waals surface area contributed by atoms with Crippen molar-refractivity contribution in [3.05, 3.63) is 77.9 Å².